The van der Waals surface area contributed by atoms with Crippen molar-refractivity contribution in [2.45, 2.75) is 26.2 Å². The predicted molar refractivity (Wildman–Crippen MR) is 63.8 cm³/mol. The number of piperidine rings is 1. The maximum Gasteiger partial charge on any atom is 0.169 e. The molecule has 1 heterocycles. The van der Waals surface area contributed by atoms with Crippen LogP contribution in [0.1, 0.15) is 34.3 Å². The lowest BCUT2D eigenvalue weighted by Crippen LogP contribution is -2.40. The monoisotopic (exact) mass is 215 g/mol. The number of nitrogens with one attached hydrogen (secondary N) is 1. The van der Waals surface area contributed by atoms with Crippen LogP contribution in [0.5, 0.6) is 0 Å². The van der Waals surface area contributed by atoms with Gasteiger partial charge in [0.05, 0.1) is 0 Å². The molecule has 0 aromatic heterocycles. The van der Waals surface area contributed by atoms with Crippen LogP contribution in [0.2, 0.25) is 0 Å². The van der Waals surface area contributed by atoms with Crippen LogP contribution in [-0.4, -0.2) is 18.9 Å². The molecule has 0 saturated carbocycles. The summed E-state index contributed by atoms with van der Waals surface area (Å²) >= 11 is 0. The summed E-state index contributed by atoms with van der Waals surface area (Å²) in [5.41, 5.74) is 3.44. The molecular weight excluding hydrogens is 198 g/mol. The van der Waals surface area contributed by atoms with Gasteiger partial charge in [-0.05, 0) is 44.8 Å². The van der Waals surface area contributed by atoms with Gasteiger partial charge in [-0.25, -0.2) is 0 Å². The molecule has 16 heavy (non-hydrogen) atoms. The summed E-state index contributed by atoms with van der Waals surface area (Å²) in [5, 5.41) is 3.34. The molecule has 1 saturated heterocycles. The number of benzene rings is 1. The molecule has 2 heteroatoms. The van der Waals surface area contributed by atoms with Crippen molar-refractivity contribution in [3.63, 3.8) is 0 Å². The number of Topliss-reactive ketones (excluding diaryl/α,β-unsaturated/α-hetero) is 1. The van der Waals surface area contributed by atoms with Gasteiger partial charge >= 0.3 is 0 Å². The third-order valence-corrected chi connectivity index (χ3v) is 4.08. The summed E-state index contributed by atoms with van der Waals surface area (Å²) < 4.78 is 0. The largest absolute Gasteiger partial charge is 0.317 e. The topological polar surface area (TPSA) is 29.1 Å². The maximum atomic E-state index is 12.5. The van der Waals surface area contributed by atoms with Crippen LogP contribution in [0.15, 0.2) is 18.2 Å². The second-order valence-corrected chi connectivity index (χ2v) is 5.20. The molecule has 0 bridgehead atoms. The molecule has 3 rings (SSSR count). The summed E-state index contributed by atoms with van der Waals surface area (Å²) in [7, 11) is 0. The Morgan fingerprint density at radius 2 is 2.00 bits per heavy atom. The third-order valence-electron chi connectivity index (χ3n) is 4.08. The molecule has 0 radical (unpaired) electrons. The lowest BCUT2D eigenvalue weighted by atomic mass is 9.75. The van der Waals surface area contributed by atoms with Crippen molar-refractivity contribution >= 4 is 5.78 Å². The first-order valence-corrected chi connectivity index (χ1v) is 6.06. The van der Waals surface area contributed by atoms with Crippen LogP contribution in [0.25, 0.3) is 0 Å². The van der Waals surface area contributed by atoms with Gasteiger partial charge in [-0.15, -0.1) is 0 Å². The van der Waals surface area contributed by atoms with Gasteiger partial charge in [0.15, 0.2) is 5.78 Å². The number of carbonyl (C=O) groups is 1. The minimum atomic E-state index is -0.0681. The molecule has 1 aliphatic carbocycles. The van der Waals surface area contributed by atoms with Crippen LogP contribution in [-0.2, 0) is 6.42 Å². The average Bonchev–Trinajstić information content (AvgIpc) is 2.53. The van der Waals surface area contributed by atoms with Gasteiger partial charge in [-0.3, -0.25) is 4.79 Å². The summed E-state index contributed by atoms with van der Waals surface area (Å²) in [6, 6.07) is 6.25. The van der Waals surface area contributed by atoms with Gasteiger partial charge in [0.1, 0.15) is 0 Å². The Morgan fingerprint density at radius 3 is 2.75 bits per heavy atom. The molecule has 0 atom stereocenters. The van der Waals surface area contributed by atoms with Gasteiger partial charge in [0, 0.05) is 11.0 Å². The van der Waals surface area contributed by atoms with E-state index in [4.69, 9.17) is 0 Å². The second kappa shape index (κ2) is 3.42. The molecule has 84 valence electrons. The smallest absolute Gasteiger partial charge is 0.169 e. The van der Waals surface area contributed by atoms with Crippen LogP contribution in [0.4, 0.5) is 0 Å². The Morgan fingerprint density at radius 1 is 1.25 bits per heavy atom. The molecule has 1 fully saturated rings. The number of aryl methyl sites for hydroxylation is 1. The summed E-state index contributed by atoms with van der Waals surface area (Å²) in [6.07, 6.45) is 2.96. The molecule has 1 aliphatic heterocycles. The second-order valence-electron chi connectivity index (χ2n) is 5.20. The number of fused-ring (bicyclic) bond motifs is 1. The predicted octanol–water partition coefficient (Wildman–Crippen LogP) is 2.10. The summed E-state index contributed by atoms with van der Waals surface area (Å²) in [5.74, 6) is 0.393. The highest BCUT2D eigenvalue weighted by molar-refractivity contribution is 6.05. The number of rotatable bonds is 0. The Labute approximate surface area is 96.1 Å². The van der Waals surface area contributed by atoms with E-state index in [1.54, 1.807) is 0 Å². The zero-order chi connectivity index (χ0) is 11.2. The standard InChI is InChI=1S/C14H17NO/c1-10-2-3-12-11(8-10)9-14(13(12)16)4-6-15-7-5-14/h2-3,8,15H,4-7,9H2,1H3. The molecule has 1 aromatic carbocycles. The van der Waals surface area contributed by atoms with E-state index >= 15 is 0 Å². The molecule has 2 aliphatic rings. The van der Waals surface area contributed by atoms with Crippen molar-refractivity contribution in [3.8, 4) is 0 Å². The van der Waals surface area contributed by atoms with Crippen LogP contribution in [0.3, 0.4) is 0 Å². The molecule has 1 N–H and O–H groups in total. The van der Waals surface area contributed by atoms with Crippen molar-refractivity contribution in [1.29, 1.82) is 0 Å². The zero-order valence-electron chi connectivity index (χ0n) is 9.68. The Balaban J connectivity index is 2.02. The molecular formula is C14H17NO. The van der Waals surface area contributed by atoms with Crippen molar-refractivity contribution in [2.24, 2.45) is 5.41 Å². The molecule has 1 aromatic rings. The van der Waals surface area contributed by atoms with Crippen LogP contribution >= 0.6 is 0 Å². The molecule has 0 unspecified atom stereocenters. The van der Waals surface area contributed by atoms with E-state index in [1.165, 1.54) is 11.1 Å². The first kappa shape index (κ1) is 10.0. The molecule has 0 amide bonds. The van der Waals surface area contributed by atoms with Crippen LogP contribution < -0.4 is 5.32 Å². The SMILES string of the molecule is Cc1ccc2c(c1)CC1(CCNCC1)C2=O. The molecule has 1 spiro atoms. The number of ketones is 1. The average molecular weight is 215 g/mol. The van der Waals surface area contributed by atoms with E-state index in [1.807, 2.05) is 6.07 Å². The number of carbonyl (C=O) groups excluding carboxylic acids is 1. The van der Waals surface area contributed by atoms with E-state index in [0.717, 1.165) is 37.9 Å². The lowest BCUT2D eigenvalue weighted by Gasteiger charge is -2.31. The first-order valence-electron chi connectivity index (χ1n) is 6.06. The van der Waals surface area contributed by atoms with Gasteiger partial charge < -0.3 is 5.32 Å². The van der Waals surface area contributed by atoms with E-state index in [0.29, 0.717) is 5.78 Å². The zero-order valence-corrected chi connectivity index (χ0v) is 9.68. The highest BCUT2D eigenvalue weighted by atomic mass is 16.1. The fourth-order valence-corrected chi connectivity index (χ4v) is 3.13. The van der Waals surface area contributed by atoms with Crippen molar-refractivity contribution in [2.75, 3.05) is 13.1 Å². The Kier molecular flexibility index (Phi) is 2.15. The van der Waals surface area contributed by atoms with Crippen molar-refractivity contribution in [1.82, 2.24) is 5.32 Å². The van der Waals surface area contributed by atoms with Crippen LogP contribution in [0, 0.1) is 12.3 Å². The van der Waals surface area contributed by atoms with Gasteiger partial charge in [-0.2, -0.15) is 0 Å². The summed E-state index contributed by atoms with van der Waals surface area (Å²) in [4.78, 5) is 12.5. The lowest BCUT2D eigenvalue weighted by molar-refractivity contribution is 0.0762. The van der Waals surface area contributed by atoms with Crippen molar-refractivity contribution in [3.05, 3.63) is 34.9 Å². The normalized spacial score (nSPS) is 22.4. The van der Waals surface area contributed by atoms with E-state index in [9.17, 15) is 4.79 Å². The van der Waals surface area contributed by atoms with E-state index < -0.39 is 0 Å². The highest BCUT2D eigenvalue weighted by Gasteiger charge is 2.45. The van der Waals surface area contributed by atoms with E-state index in [2.05, 4.69) is 24.4 Å². The fraction of sp³-hybridized carbons (Fsp3) is 0.500. The van der Waals surface area contributed by atoms with Gasteiger partial charge in [-0.1, -0.05) is 23.8 Å². The number of hydrogen-bond donors (Lipinski definition) is 1. The van der Waals surface area contributed by atoms with Crippen molar-refractivity contribution < 1.29 is 4.79 Å². The highest BCUT2D eigenvalue weighted by Crippen LogP contribution is 2.43. The first-order chi connectivity index (χ1) is 7.71. The third kappa shape index (κ3) is 1.33. The quantitative estimate of drug-likeness (QED) is 0.718. The minimum absolute atomic E-state index is 0.0681. The maximum absolute atomic E-state index is 12.5. The van der Waals surface area contributed by atoms with E-state index in [-0.39, 0.29) is 5.41 Å². The Bertz CT molecular complexity index is 444. The fourth-order valence-electron chi connectivity index (χ4n) is 3.13. The molecule has 2 nitrogen and oxygen atoms in total. The number of hydrogen-bond acceptors (Lipinski definition) is 2. The van der Waals surface area contributed by atoms with Gasteiger partial charge in [0.25, 0.3) is 0 Å². The van der Waals surface area contributed by atoms with Gasteiger partial charge in [0.2, 0.25) is 0 Å². The summed E-state index contributed by atoms with van der Waals surface area (Å²) in [6.45, 7) is 4.07. The minimum Gasteiger partial charge on any atom is -0.317 e. The Hall–Kier alpha value is -1.15.